The van der Waals surface area contributed by atoms with Gasteiger partial charge in [-0.25, -0.2) is 4.39 Å². The van der Waals surface area contributed by atoms with E-state index in [4.69, 9.17) is 0 Å². The quantitative estimate of drug-likeness (QED) is 0.742. The van der Waals surface area contributed by atoms with Crippen LogP contribution in [0.3, 0.4) is 0 Å². The molecule has 0 heterocycles. The molecule has 0 bridgehead atoms. The van der Waals surface area contributed by atoms with Crippen LogP contribution in [-0.4, -0.2) is 19.4 Å². The monoisotopic (exact) mass is 271 g/mol. The van der Waals surface area contributed by atoms with Crippen molar-refractivity contribution in [3.63, 3.8) is 0 Å². The van der Waals surface area contributed by atoms with Crippen molar-refractivity contribution in [2.45, 2.75) is 12.8 Å². The Balaban J connectivity index is 1.81. The predicted octanol–water partition coefficient (Wildman–Crippen LogP) is 3.93. The average molecular weight is 271 g/mol. The lowest BCUT2D eigenvalue weighted by molar-refractivity contribution is 0.0981. The highest BCUT2D eigenvalue weighted by Crippen LogP contribution is 2.14. The number of hydrogen-bond acceptors (Lipinski definition) is 2. The third kappa shape index (κ3) is 3.92. The maximum absolute atomic E-state index is 12.8. The molecule has 0 saturated carbocycles. The van der Waals surface area contributed by atoms with E-state index in [0.717, 1.165) is 24.2 Å². The lowest BCUT2D eigenvalue weighted by atomic mass is 10.1. The van der Waals surface area contributed by atoms with Gasteiger partial charge in [0.2, 0.25) is 0 Å². The molecule has 0 unspecified atom stereocenters. The minimum Gasteiger partial charge on any atom is -0.375 e. The molecule has 2 aromatic carbocycles. The summed E-state index contributed by atoms with van der Waals surface area (Å²) in [5.74, 6) is -0.0699. The van der Waals surface area contributed by atoms with Gasteiger partial charge in [-0.1, -0.05) is 30.3 Å². The molecular formula is C17H18FNO. The SMILES string of the molecule is CN(CCCC(=O)c1ccccc1)c1ccc(F)cc1. The Morgan fingerprint density at radius 2 is 1.70 bits per heavy atom. The van der Waals surface area contributed by atoms with Crippen molar-refractivity contribution in [1.29, 1.82) is 0 Å². The Morgan fingerprint density at radius 3 is 2.35 bits per heavy atom. The van der Waals surface area contributed by atoms with Gasteiger partial charge in [0.1, 0.15) is 5.82 Å². The van der Waals surface area contributed by atoms with Gasteiger partial charge in [0.05, 0.1) is 0 Å². The summed E-state index contributed by atoms with van der Waals surface area (Å²) in [4.78, 5) is 14.0. The molecule has 0 aliphatic rings. The van der Waals surface area contributed by atoms with E-state index in [1.807, 2.05) is 42.3 Å². The molecular weight excluding hydrogens is 253 g/mol. The fourth-order valence-corrected chi connectivity index (χ4v) is 2.07. The predicted molar refractivity (Wildman–Crippen MR) is 79.7 cm³/mol. The Labute approximate surface area is 118 Å². The third-order valence-electron chi connectivity index (χ3n) is 3.26. The molecule has 0 spiro atoms. The van der Waals surface area contributed by atoms with E-state index in [-0.39, 0.29) is 11.6 Å². The van der Waals surface area contributed by atoms with Crippen LogP contribution < -0.4 is 4.90 Å². The molecule has 0 aromatic heterocycles. The molecule has 0 radical (unpaired) electrons. The average Bonchev–Trinajstić information content (AvgIpc) is 2.48. The molecule has 0 saturated heterocycles. The summed E-state index contributed by atoms with van der Waals surface area (Å²) in [6, 6.07) is 15.7. The normalized spacial score (nSPS) is 10.3. The number of carbonyl (C=O) groups excluding carboxylic acids is 1. The first-order valence-corrected chi connectivity index (χ1v) is 6.72. The van der Waals surface area contributed by atoms with E-state index in [1.165, 1.54) is 12.1 Å². The summed E-state index contributed by atoms with van der Waals surface area (Å²) in [6.45, 7) is 0.768. The van der Waals surface area contributed by atoms with E-state index in [2.05, 4.69) is 0 Å². The number of Topliss-reactive ketones (excluding diaryl/α,β-unsaturated/α-hetero) is 1. The molecule has 0 fully saturated rings. The molecule has 0 aliphatic carbocycles. The zero-order valence-corrected chi connectivity index (χ0v) is 11.6. The van der Waals surface area contributed by atoms with Gasteiger partial charge in [0, 0.05) is 31.3 Å². The second-order valence-corrected chi connectivity index (χ2v) is 4.79. The van der Waals surface area contributed by atoms with Crippen LogP contribution in [0.2, 0.25) is 0 Å². The summed E-state index contributed by atoms with van der Waals surface area (Å²) in [7, 11) is 1.94. The van der Waals surface area contributed by atoms with E-state index >= 15 is 0 Å². The summed E-state index contributed by atoms with van der Waals surface area (Å²) in [5, 5.41) is 0. The largest absolute Gasteiger partial charge is 0.375 e. The summed E-state index contributed by atoms with van der Waals surface area (Å²) >= 11 is 0. The Hall–Kier alpha value is -2.16. The minimum atomic E-state index is -0.235. The summed E-state index contributed by atoms with van der Waals surface area (Å²) in [6.07, 6.45) is 1.30. The van der Waals surface area contributed by atoms with Crippen LogP contribution in [0.1, 0.15) is 23.2 Å². The van der Waals surface area contributed by atoms with E-state index in [1.54, 1.807) is 12.1 Å². The number of halogens is 1. The lowest BCUT2D eigenvalue weighted by Gasteiger charge is -2.18. The van der Waals surface area contributed by atoms with Crippen LogP contribution in [0.4, 0.5) is 10.1 Å². The van der Waals surface area contributed by atoms with Crippen LogP contribution in [0.25, 0.3) is 0 Å². The van der Waals surface area contributed by atoms with Gasteiger partial charge in [0.15, 0.2) is 5.78 Å². The van der Waals surface area contributed by atoms with Gasteiger partial charge in [0.25, 0.3) is 0 Å². The van der Waals surface area contributed by atoms with Gasteiger partial charge in [-0.15, -0.1) is 0 Å². The van der Waals surface area contributed by atoms with Crippen molar-refractivity contribution in [1.82, 2.24) is 0 Å². The van der Waals surface area contributed by atoms with Crippen LogP contribution in [0, 0.1) is 5.82 Å². The van der Waals surface area contributed by atoms with Crippen molar-refractivity contribution in [3.05, 3.63) is 66.0 Å². The Morgan fingerprint density at radius 1 is 1.05 bits per heavy atom. The van der Waals surface area contributed by atoms with Crippen LogP contribution in [0.15, 0.2) is 54.6 Å². The molecule has 2 nitrogen and oxygen atoms in total. The molecule has 0 amide bonds. The molecule has 104 valence electrons. The standard InChI is InChI=1S/C17H18FNO/c1-19(16-11-9-15(18)10-12-16)13-5-8-17(20)14-6-3-2-4-7-14/h2-4,6-7,9-12H,5,8,13H2,1H3. The number of carbonyl (C=O) groups is 1. The zero-order valence-electron chi connectivity index (χ0n) is 11.6. The second-order valence-electron chi connectivity index (χ2n) is 4.79. The summed E-state index contributed by atoms with van der Waals surface area (Å²) < 4.78 is 12.8. The van der Waals surface area contributed by atoms with E-state index in [9.17, 15) is 9.18 Å². The molecule has 0 atom stereocenters. The third-order valence-corrected chi connectivity index (χ3v) is 3.26. The molecule has 20 heavy (non-hydrogen) atoms. The molecule has 3 heteroatoms. The number of ketones is 1. The zero-order chi connectivity index (χ0) is 14.4. The van der Waals surface area contributed by atoms with E-state index in [0.29, 0.717) is 6.42 Å². The molecule has 2 aromatic rings. The first-order valence-electron chi connectivity index (χ1n) is 6.72. The Bertz CT molecular complexity index is 551. The highest BCUT2D eigenvalue weighted by molar-refractivity contribution is 5.95. The topological polar surface area (TPSA) is 20.3 Å². The first kappa shape index (κ1) is 14.3. The van der Waals surface area contributed by atoms with Crippen molar-refractivity contribution in [2.24, 2.45) is 0 Å². The van der Waals surface area contributed by atoms with Crippen LogP contribution >= 0.6 is 0 Å². The number of hydrogen-bond donors (Lipinski definition) is 0. The Kier molecular flexibility index (Phi) is 4.88. The second kappa shape index (κ2) is 6.85. The minimum absolute atomic E-state index is 0.165. The van der Waals surface area contributed by atoms with Crippen molar-refractivity contribution in [3.8, 4) is 0 Å². The van der Waals surface area contributed by atoms with Crippen LogP contribution in [0.5, 0.6) is 0 Å². The van der Waals surface area contributed by atoms with Gasteiger partial charge in [-0.3, -0.25) is 4.79 Å². The smallest absolute Gasteiger partial charge is 0.162 e. The fraction of sp³-hybridized carbons (Fsp3) is 0.235. The fourth-order valence-electron chi connectivity index (χ4n) is 2.07. The molecule has 2 rings (SSSR count). The number of anilines is 1. The van der Waals surface area contributed by atoms with Gasteiger partial charge in [-0.05, 0) is 30.7 Å². The maximum atomic E-state index is 12.8. The highest BCUT2D eigenvalue weighted by atomic mass is 19.1. The highest BCUT2D eigenvalue weighted by Gasteiger charge is 2.06. The van der Waals surface area contributed by atoms with Crippen molar-refractivity contribution < 1.29 is 9.18 Å². The van der Waals surface area contributed by atoms with Crippen molar-refractivity contribution >= 4 is 11.5 Å². The van der Waals surface area contributed by atoms with Gasteiger partial charge in [-0.2, -0.15) is 0 Å². The van der Waals surface area contributed by atoms with E-state index < -0.39 is 0 Å². The molecule has 0 N–H and O–H groups in total. The van der Waals surface area contributed by atoms with Crippen LogP contribution in [-0.2, 0) is 0 Å². The van der Waals surface area contributed by atoms with Gasteiger partial charge >= 0.3 is 0 Å². The maximum Gasteiger partial charge on any atom is 0.162 e. The number of nitrogens with zero attached hydrogens (tertiary/aromatic N) is 1. The molecule has 0 aliphatic heterocycles. The summed E-state index contributed by atoms with van der Waals surface area (Å²) in [5.41, 5.74) is 1.72. The number of rotatable bonds is 6. The lowest BCUT2D eigenvalue weighted by Crippen LogP contribution is -2.19. The first-order chi connectivity index (χ1) is 9.66. The number of benzene rings is 2. The van der Waals surface area contributed by atoms with Gasteiger partial charge < -0.3 is 4.90 Å². The van der Waals surface area contributed by atoms with Crippen molar-refractivity contribution in [2.75, 3.05) is 18.5 Å².